The Balaban J connectivity index is 1.48. The predicted molar refractivity (Wildman–Crippen MR) is 76.1 cm³/mol. The fourth-order valence-electron chi connectivity index (χ4n) is 3.57. The first-order chi connectivity index (χ1) is 9.63. The third kappa shape index (κ3) is 3.14. The smallest absolute Gasteiger partial charge is 0.239 e. The van der Waals surface area contributed by atoms with Gasteiger partial charge in [-0.3, -0.25) is 9.59 Å². The van der Waals surface area contributed by atoms with Crippen LogP contribution in [-0.2, 0) is 9.59 Å². The number of nitrogens with zero attached hydrogens (tertiary/aromatic N) is 1. The first kappa shape index (κ1) is 13.9. The minimum Gasteiger partial charge on any atom is -0.352 e. The molecule has 1 aliphatic heterocycles. The van der Waals surface area contributed by atoms with E-state index in [0.717, 1.165) is 19.3 Å². The van der Waals surface area contributed by atoms with Crippen LogP contribution in [0.1, 0.15) is 44.9 Å². The van der Waals surface area contributed by atoms with E-state index in [2.05, 4.69) is 10.6 Å². The standard InChI is InChI=1S/C15H25N3O2/c1-18(9-14(19)16-11-6-7-11)15(20)13-8-10-4-2-3-5-12(10)17-13/h10-13,17H,2-9H2,1H3,(H,16,19). The average molecular weight is 279 g/mol. The number of carbonyl (C=O) groups excluding carboxylic acids is 2. The van der Waals surface area contributed by atoms with Gasteiger partial charge in [0.1, 0.15) is 0 Å². The molecule has 20 heavy (non-hydrogen) atoms. The molecule has 3 unspecified atom stereocenters. The van der Waals surface area contributed by atoms with Crippen molar-refractivity contribution in [2.45, 2.75) is 63.1 Å². The van der Waals surface area contributed by atoms with Crippen molar-refractivity contribution in [3.63, 3.8) is 0 Å². The highest BCUT2D eigenvalue weighted by atomic mass is 16.2. The van der Waals surface area contributed by atoms with Gasteiger partial charge in [-0.25, -0.2) is 0 Å². The van der Waals surface area contributed by atoms with E-state index < -0.39 is 0 Å². The molecule has 1 heterocycles. The molecule has 2 amide bonds. The van der Waals surface area contributed by atoms with Crippen LogP contribution >= 0.6 is 0 Å². The molecule has 2 aliphatic carbocycles. The Hall–Kier alpha value is -1.10. The Morgan fingerprint density at radius 3 is 2.65 bits per heavy atom. The van der Waals surface area contributed by atoms with Gasteiger partial charge in [0.15, 0.2) is 0 Å². The van der Waals surface area contributed by atoms with Crippen molar-refractivity contribution >= 4 is 11.8 Å². The summed E-state index contributed by atoms with van der Waals surface area (Å²) >= 11 is 0. The second kappa shape index (κ2) is 5.72. The van der Waals surface area contributed by atoms with E-state index in [0.29, 0.717) is 18.0 Å². The molecule has 0 bridgehead atoms. The van der Waals surface area contributed by atoms with Crippen LogP contribution in [0.3, 0.4) is 0 Å². The Labute approximate surface area is 120 Å². The SMILES string of the molecule is CN(CC(=O)NC1CC1)C(=O)C1CC2CCCCC2N1. The molecule has 0 aromatic heterocycles. The summed E-state index contributed by atoms with van der Waals surface area (Å²) in [6, 6.07) is 0.798. The van der Waals surface area contributed by atoms with Crippen LogP contribution in [0.5, 0.6) is 0 Å². The van der Waals surface area contributed by atoms with Gasteiger partial charge in [-0.05, 0) is 38.0 Å². The van der Waals surface area contributed by atoms with Crippen LogP contribution in [0.15, 0.2) is 0 Å². The maximum Gasteiger partial charge on any atom is 0.239 e. The summed E-state index contributed by atoms with van der Waals surface area (Å²) < 4.78 is 0. The Morgan fingerprint density at radius 1 is 1.20 bits per heavy atom. The fraction of sp³-hybridized carbons (Fsp3) is 0.867. The summed E-state index contributed by atoms with van der Waals surface area (Å²) in [4.78, 5) is 25.7. The maximum absolute atomic E-state index is 12.4. The van der Waals surface area contributed by atoms with E-state index in [1.165, 1.54) is 25.7 Å². The van der Waals surface area contributed by atoms with E-state index in [4.69, 9.17) is 0 Å². The summed E-state index contributed by atoms with van der Waals surface area (Å²) in [7, 11) is 1.73. The zero-order chi connectivity index (χ0) is 14.1. The molecule has 2 N–H and O–H groups in total. The molecule has 0 aromatic rings. The first-order valence-electron chi connectivity index (χ1n) is 7.94. The topological polar surface area (TPSA) is 61.4 Å². The molecular weight excluding hydrogens is 254 g/mol. The lowest BCUT2D eigenvalue weighted by molar-refractivity contribution is -0.136. The van der Waals surface area contributed by atoms with Crippen LogP contribution in [0.2, 0.25) is 0 Å². The quantitative estimate of drug-likeness (QED) is 0.794. The van der Waals surface area contributed by atoms with E-state index in [1.807, 2.05) is 0 Å². The van der Waals surface area contributed by atoms with Crippen molar-refractivity contribution in [1.29, 1.82) is 0 Å². The summed E-state index contributed by atoms with van der Waals surface area (Å²) in [5.41, 5.74) is 0. The molecule has 0 radical (unpaired) electrons. The van der Waals surface area contributed by atoms with Crippen LogP contribution in [0.25, 0.3) is 0 Å². The minimum atomic E-state index is -0.0816. The number of amides is 2. The highest BCUT2D eigenvalue weighted by Gasteiger charge is 2.39. The number of carbonyl (C=O) groups is 2. The normalized spacial score (nSPS) is 32.5. The highest BCUT2D eigenvalue weighted by molar-refractivity contribution is 5.87. The number of hydrogen-bond acceptors (Lipinski definition) is 3. The fourth-order valence-corrected chi connectivity index (χ4v) is 3.57. The molecule has 0 aromatic carbocycles. The third-order valence-corrected chi connectivity index (χ3v) is 4.86. The monoisotopic (exact) mass is 279 g/mol. The number of rotatable bonds is 4. The number of hydrogen-bond donors (Lipinski definition) is 2. The molecule has 3 fully saturated rings. The van der Waals surface area contributed by atoms with E-state index >= 15 is 0 Å². The maximum atomic E-state index is 12.4. The van der Waals surface area contributed by atoms with E-state index in [9.17, 15) is 9.59 Å². The molecule has 3 rings (SSSR count). The van der Waals surface area contributed by atoms with Crippen molar-refractivity contribution in [3.8, 4) is 0 Å². The van der Waals surface area contributed by atoms with E-state index in [-0.39, 0.29) is 24.4 Å². The van der Waals surface area contributed by atoms with Crippen molar-refractivity contribution in [2.24, 2.45) is 5.92 Å². The highest BCUT2D eigenvalue weighted by Crippen LogP contribution is 2.33. The van der Waals surface area contributed by atoms with Crippen LogP contribution in [-0.4, -0.2) is 48.4 Å². The van der Waals surface area contributed by atoms with Gasteiger partial charge in [-0.2, -0.15) is 0 Å². The minimum absolute atomic E-state index is 0.0289. The summed E-state index contributed by atoms with van der Waals surface area (Å²) in [5.74, 6) is 0.704. The zero-order valence-electron chi connectivity index (χ0n) is 12.2. The molecule has 5 heteroatoms. The molecule has 3 aliphatic rings. The second-order valence-corrected chi connectivity index (χ2v) is 6.64. The van der Waals surface area contributed by atoms with Gasteiger partial charge in [0.05, 0.1) is 12.6 Å². The van der Waals surface area contributed by atoms with Crippen molar-refractivity contribution in [1.82, 2.24) is 15.5 Å². The number of likely N-dealkylation sites (N-methyl/N-ethyl adjacent to an activating group) is 1. The lowest BCUT2D eigenvalue weighted by Crippen LogP contribution is -2.47. The molecular formula is C15H25N3O2. The Bertz CT molecular complexity index is 381. The first-order valence-corrected chi connectivity index (χ1v) is 7.94. The van der Waals surface area contributed by atoms with Gasteiger partial charge in [-0.15, -0.1) is 0 Å². The lowest BCUT2D eigenvalue weighted by atomic mass is 9.85. The van der Waals surface area contributed by atoms with Gasteiger partial charge in [0.25, 0.3) is 0 Å². The van der Waals surface area contributed by atoms with Crippen molar-refractivity contribution in [3.05, 3.63) is 0 Å². The number of nitrogens with one attached hydrogen (secondary N) is 2. The van der Waals surface area contributed by atoms with Crippen molar-refractivity contribution < 1.29 is 9.59 Å². The average Bonchev–Trinajstić information content (AvgIpc) is 3.12. The second-order valence-electron chi connectivity index (χ2n) is 6.64. The number of fused-ring (bicyclic) bond motifs is 1. The van der Waals surface area contributed by atoms with Gasteiger partial charge in [-0.1, -0.05) is 12.8 Å². The van der Waals surface area contributed by atoms with E-state index in [1.54, 1.807) is 11.9 Å². The van der Waals surface area contributed by atoms with Crippen LogP contribution in [0.4, 0.5) is 0 Å². The van der Waals surface area contributed by atoms with Gasteiger partial charge < -0.3 is 15.5 Å². The lowest BCUT2D eigenvalue weighted by Gasteiger charge is -2.24. The molecule has 1 saturated heterocycles. The summed E-state index contributed by atoms with van der Waals surface area (Å²) in [6.45, 7) is 0.183. The molecule has 112 valence electrons. The van der Waals surface area contributed by atoms with Crippen molar-refractivity contribution in [2.75, 3.05) is 13.6 Å². The molecule has 3 atom stereocenters. The Kier molecular flexibility index (Phi) is 3.96. The zero-order valence-corrected chi connectivity index (χ0v) is 12.2. The van der Waals surface area contributed by atoms with Gasteiger partial charge in [0, 0.05) is 19.1 Å². The van der Waals surface area contributed by atoms with Gasteiger partial charge >= 0.3 is 0 Å². The molecule has 2 saturated carbocycles. The summed E-state index contributed by atoms with van der Waals surface area (Å²) in [5, 5.41) is 6.40. The van der Waals surface area contributed by atoms with Crippen LogP contribution < -0.4 is 10.6 Å². The van der Waals surface area contributed by atoms with Crippen LogP contribution in [0, 0.1) is 5.92 Å². The largest absolute Gasteiger partial charge is 0.352 e. The summed E-state index contributed by atoms with van der Waals surface area (Å²) in [6.07, 6.45) is 8.11. The van der Waals surface area contributed by atoms with Gasteiger partial charge in [0.2, 0.25) is 11.8 Å². The third-order valence-electron chi connectivity index (χ3n) is 4.86. The molecule has 0 spiro atoms. The Morgan fingerprint density at radius 2 is 1.95 bits per heavy atom. The molecule has 5 nitrogen and oxygen atoms in total. The predicted octanol–water partition coefficient (Wildman–Crippen LogP) is 0.644.